The zero-order valence-corrected chi connectivity index (χ0v) is 14.0. The quantitative estimate of drug-likeness (QED) is 0.603. The van der Waals surface area contributed by atoms with Crippen LogP contribution < -0.4 is 5.32 Å². The summed E-state index contributed by atoms with van der Waals surface area (Å²) in [5, 5.41) is 12.3. The van der Waals surface area contributed by atoms with Gasteiger partial charge >= 0.3 is 0 Å². The molecule has 1 aromatic carbocycles. The number of benzene rings is 1. The first-order valence-electron chi connectivity index (χ1n) is 8.31. The van der Waals surface area contributed by atoms with Gasteiger partial charge in [-0.3, -0.25) is 9.38 Å². The average Bonchev–Trinajstić information content (AvgIpc) is 3.14. The van der Waals surface area contributed by atoms with Crippen LogP contribution in [0, 0.1) is 11.3 Å². The van der Waals surface area contributed by atoms with Crippen molar-refractivity contribution in [2.75, 3.05) is 11.9 Å². The Balaban J connectivity index is 1.57. The molecule has 4 aromatic rings. The lowest BCUT2D eigenvalue weighted by molar-refractivity contribution is 0.951. The second-order valence-corrected chi connectivity index (χ2v) is 5.80. The van der Waals surface area contributed by atoms with Crippen molar-refractivity contribution in [1.29, 1.82) is 5.26 Å². The maximum atomic E-state index is 8.94. The minimum absolute atomic E-state index is 0.640. The molecule has 0 aliphatic rings. The molecule has 6 heteroatoms. The summed E-state index contributed by atoms with van der Waals surface area (Å²) in [6, 6.07) is 15.5. The fourth-order valence-electron chi connectivity index (χ4n) is 2.83. The Bertz CT molecular complexity index is 1060. The molecular formula is C20H16N6. The Hall–Kier alpha value is -3.72. The average molecular weight is 340 g/mol. The van der Waals surface area contributed by atoms with Crippen molar-refractivity contribution < 1.29 is 0 Å². The normalized spacial score (nSPS) is 10.6. The summed E-state index contributed by atoms with van der Waals surface area (Å²) in [5.41, 5.74) is 4.41. The third kappa shape index (κ3) is 3.10. The van der Waals surface area contributed by atoms with E-state index >= 15 is 0 Å². The van der Waals surface area contributed by atoms with Crippen molar-refractivity contribution >= 4 is 11.5 Å². The second kappa shape index (κ2) is 7.03. The van der Waals surface area contributed by atoms with Gasteiger partial charge in [-0.2, -0.15) is 5.26 Å². The second-order valence-electron chi connectivity index (χ2n) is 5.80. The molecule has 0 spiro atoms. The maximum absolute atomic E-state index is 8.94. The van der Waals surface area contributed by atoms with E-state index in [0.29, 0.717) is 5.56 Å². The number of fused-ring (bicyclic) bond motifs is 1. The molecule has 0 aliphatic heterocycles. The largest absolute Gasteiger partial charge is 0.367 e. The highest BCUT2D eigenvalue weighted by Gasteiger charge is 2.10. The molecule has 126 valence electrons. The molecule has 0 radical (unpaired) electrons. The first-order valence-corrected chi connectivity index (χ1v) is 8.31. The van der Waals surface area contributed by atoms with Crippen LogP contribution in [0.4, 0.5) is 5.82 Å². The standard InChI is InChI=1S/C20H16N6/c21-13-15-4-6-16(7-5-15)18-14-25-20-19(24-11-12-26(18)20)23-10-8-17-3-1-2-9-22-17/h1-7,9,11-12,14H,8,10H2,(H,23,24). The Labute approximate surface area is 150 Å². The number of nitriles is 1. The Kier molecular flexibility index (Phi) is 4.27. The first-order chi connectivity index (χ1) is 12.8. The third-order valence-corrected chi connectivity index (χ3v) is 4.14. The molecule has 0 atom stereocenters. The molecule has 0 saturated heterocycles. The summed E-state index contributed by atoms with van der Waals surface area (Å²) in [6.07, 6.45) is 8.08. The lowest BCUT2D eigenvalue weighted by atomic mass is 10.1. The van der Waals surface area contributed by atoms with Crippen LogP contribution in [-0.4, -0.2) is 25.9 Å². The van der Waals surface area contributed by atoms with Crippen LogP contribution in [0.3, 0.4) is 0 Å². The zero-order chi connectivity index (χ0) is 17.8. The highest BCUT2D eigenvalue weighted by molar-refractivity contribution is 5.70. The molecule has 0 fully saturated rings. The van der Waals surface area contributed by atoms with Gasteiger partial charge in [0.2, 0.25) is 0 Å². The van der Waals surface area contributed by atoms with Crippen LogP contribution in [0.15, 0.2) is 67.3 Å². The molecule has 26 heavy (non-hydrogen) atoms. The van der Waals surface area contributed by atoms with Gasteiger partial charge in [-0.1, -0.05) is 18.2 Å². The van der Waals surface area contributed by atoms with E-state index in [1.165, 1.54) is 0 Å². The summed E-state index contributed by atoms with van der Waals surface area (Å²) in [4.78, 5) is 13.3. The smallest absolute Gasteiger partial charge is 0.180 e. The van der Waals surface area contributed by atoms with Crippen LogP contribution in [-0.2, 0) is 6.42 Å². The van der Waals surface area contributed by atoms with E-state index in [0.717, 1.165) is 41.4 Å². The monoisotopic (exact) mass is 340 g/mol. The molecular weight excluding hydrogens is 324 g/mol. The van der Waals surface area contributed by atoms with E-state index in [1.54, 1.807) is 12.4 Å². The molecule has 3 aromatic heterocycles. The van der Waals surface area contributed by atoms with E-state index < -0.39 is 0 Å². The van der Waals surface area contributed by atoms with Crippen molar-refractivity contribution in [1.82, 2.24) is 19.4 Å². The number of aromatic nitrogens is 4. The van der Waals surface area contributed by atoms with Crippen LogP contribution >= 0.6 is 0 Å². The number of rotatable bonds is 5. The number of pyridine rings is 1. The summed E-state index contributed by atoms with van der Waals surface area (Å²) in [7, 11) is 0. The molecule has 0 bridgehead atoms. The number of anilines is 1. The molecule has 0 unspecified atom stereocenters. The van der Waals surface area contributed by atoms with Gasteiger partial charge in [0.15, 0.2) is 11.5 Å². The van der Waals surface area contributed by atoms with E-state index in [2.05, 4.69) is 26.3 Å². The molecule has 0 aliphatic carbocycles. The van der Waals surface area contributed by atoms with Crippen molar-refractivity contribution in [3.8, 4) is 17.3 Å². The van der Waals surface area contributed by atoms with E-state index in [-0.39, 0.29) is 0 Å². The van der Waals surface area contributed by atoms with Crippen LogP contribution in [0.5, 0.6) is 0 Å². The number of nitrogens with one attached hydrogen (secondary N) is 1. The van der Waals surface area contributed by atoms with Gasteiger partial charge in [-0.05, 0) is 24.3 Å². The van der Waals surface area contributed by atoms with E-state index in [4.69, 9.17) is 5.26 Å². The van der Waals surface area contributed by atoms with Gasteiger partial charge in [0.25, 0.3) is 0 Å². The number of imidazole rings is 1. The SMILES string of the molecule is N#Cc1ccc(-c2cnc3c(NCCc4ccccn4)nccn23)cc1. The number of hydrogen-bond acceptors (Lipinski definition) is 5. The van der Waals surface area contributed by atoms with Crippen molar-refractivity contribution in [2.45, 2.75) is 6.42 Å². The van der Waals surface area contributed by atoms with Gasteiger partial charge in [0.05, 0.1) is 23.5 Å². The molecule has 4 rings (SSSR count). The van der Waals surface area contributed by atoms with E-state index in [9.17, 15) is 0 Å². The first kappa shape index (κ1) is 15.8. The fourth-order valence-corrected chi connectivity index (χ4v) is 2.83. The summed E-state index contributed by atoms with van der Waals surface area (Å²) < 4.78 is 2.00. The molecule has 0 amide bonds. The topological polar surface area (TPSA) is 78.9 Å². The molecule has 6 nitrogen and oxygen atoms in total. The van der Waals surface area contributed by atoms with Gasteiger partial charge < -0.3 is 5.32 Å². The van der Waals surface area contributed by atoms with Crippen molar-refractivity contribution in [3.63, 3.8) is 0 Å². The Morgan fingerprint density at radius 3 is 2.65 bits per heavy atom. The Morgan fingerprint density at radius 2 is 1.88 bits per heavy atom. The van der Waals surface area contributed by atoms with E-state index in [1.807, 2.05) is 59.3 Å². The van der Waals surface area contributed by atoms with Gasteiger partial charge in [-0.25, -0.2) is 9.97 Å². The lowest BCUT2D eigenvalue weighted by Crippen LogP contribution is -2.08. The maximum Gasteiger partial charge on any atom is 0.180 e. The van der Waals surface area contributed by atoms with Crippen molar-refractivity contribution in [2.24, 2.45) is 0 Å². The number of hydrogen-bond donors (Lipinski definition) is 1. The zero-order valence-electron chi connectivity index (χ0n) is 14.0. The highest BCUT2D eigenvalue weighted by Crippen LogP contribution is 2.23. The third-order valence-electron chi connectivity index (χ3n) is 4.14. The minimum atomic E-state index is 0.640. The van der Waals surface area contributed by atoms with Crippen LogP contribution in [0.25, 0.3) is 16.9 Å². The van der Waals surface area contributed by atoms with Crippen molar-refractivity contribution in [3.05, 3.63) is 78.5 Å². The Morgan fingerprint density at radius 1 is 1.00 bits per heavy atom. The molecule has 1 N–H and O–H groups in total. The van der Waals surface area contributed by atoms with Gasteiger partial charge in [0, 0.05) is 42.8 Å². The summed E-state index contributed by atoms with van der Waals surface area (Å²) in [5.74, 6) is 0.739. The minimum Gasteiger partial charge on any atom is -0.367 e. The molecule has 3 heterocycles. The van der Waals surface area contributed by atoms with Gasteiger partial charge in [0.1, 0.15) is 0 Å². The summed E-state index contributed by atoms with van der Waals surface area (Å²) in [6.45, 7) is 0.725. The van der Waals surface area contributed by atoms with Crippen LogP contribution in [0.2, 0.25) is 0 Å². The summed E-state index contributed by atoms with van der Waals surface area (Å²) >= 11 is 0. The fraction of sp³-hybridized carbons (Fsp3) is 0.100. The number of nitrogens with zero attached hydrogens (tertiary/aromatic N) is 5. The van der Waals surface area contributed by atoms with Gasteiger partial charge in [-0.15, -0.1) is 0 Å². The molecule has 0 saturated carbocycles. The predicted molar refractivity (Wildman–Crippen MR) is 99.6 cm³/mol. The lowest BCUT2D eigenvalue weighted by Gasteiger charge is -2.07. The highest BCUT2D eigenvalue weighted by atomic mass is 15.1. The van der Waals surface area contributed by atoms with Crippen LogP contribution in [0.1, 0.15) is 11.3 Å². The predicted octanol–water partition coefficient (Wildman–Crippen LogP) is 3.32.